The zero-order chi connectivity index (χ0) is 21.8. The van der Waals surface area contributed by atoms with Gasteiger partial charge < -0.3 is 14.5 Å². The van der Waals surface area contributed by atoms with Crippen LogP contribution in [0.3, 0.4) is 0 Å². The highest BCUT2D eigenvalue weighted by atomic mass is 19.1. The van der Waals surface area contributed by atoms with Crippen molar-refractivity contribution < 1.29 is 13.9 Å². The first-order chi connectivity index (χ1) is 15.0. The summed E-state index contributed by atoms with van der Waals surface area (Å²) in [5, 5.41) is 0. The fourth-order valence-electron chi connectivity index (χ4n) is 3.58. The van der Waals surface area contributed by atoms with Crippen molar-refractivity contribution in [3.63, 3.8) is 0 Å². The molecule has 0 aliphatic carbocycles. The number of halogens is 1. The molecule has 7 heteroatoms. The van der Waals surface area contributed by atoms with Crippen LogP contribution >= 0.6 is 0 Å². The van der Waals surface area contributed by atoms with Crippen molar-refractivity contribution in [2.75, 3.05) is 37.7 Å². The van der Waals surface area contributed by atoms with Gasteiger partial charge >= 0.3 is 0 Å². The van der Waals surface area contributed by atoms with E-state index in [9.17, 15) is 9.18 Å². The molecule has 0 bridgehead atoms. The highest BCUT2D eigenvalue weighted by Gasteiger charge is 2.23. The van der Waals surface area contributed by atoms with Crippen LogP contribution in [0.2, 0.25) is 0 Å². The van der Waals surface area contributed by atoms with Gasteiger partial charge in [-0.1, -0.05) is 42.0 Å². The molecule has 1 fully saturated rings. The molecule has 1 amide bonds. The van der Waals surface area contributed by atoms with E-state index in [-0.39, 0.29) is 18.3 Å². The minimum Gasteiger partial charge on any atom is -0.467 e. The van der Waals surface area contributed by atoms with Crippen LogP contribution in [0.4, 0.5) is 10.1 Å². The number of ether oxygens (including phenoxy) is 1. The van der Waals surface area contributed by atoms with Gasteiger partial charge in [0.1, 0.15) is 5.82 Å². The second kappa shape index (κ2) is 9.12. The van der Waals surface area contributed by atoms with Crippen LogP contribution in [-0.2, 0) is 4.79 Å². The summed E-state index contributed by atoms with van der Waals surface area (Å²) >= 11 is 0. The number of anilines is 1. The number of nitrogens with zero attached hydrogens (tertiary/aromatic N) is 4. The molecule has 2 aromatic carbocycles. The van der Waals surface area contributed by atoms with Gasteiger partial charge in [0.05, 0.1) is 5.69 Å². The van der Waals surface area contributed by atoms with E-state index in [0.29, 0.717) is 43.6 Å². The quantitative estimate of drug-likeness (QED) is 0.631. The maximum Gasteiger partial charge on any atom is 0.260 e. The largest absolute Gasteiger partial charge is 0.467 e. The fourth-order valence-corrected chi connectivity index (χ4v) is 3.58. The summed E-state index contributed by atoms with van der Waals surface area (Å²) in [6, 6.07) is 16.4. The summed E-state index contributed by atoms with van der Waals surface area (Å²) in [7, 11) is 0. The van der Waals surface area contributed by atoms with Crippen molar-refractivity contribution in [2.45, 2.75) is 13.8 Å². The Balaban J connectivity index is 1.35. The Morgan fingerprint density at radius 3 is 2.42 bits per heavy atom. The molecule has 1 aliphatic heterocycles. The van der Waals surface area contributed by atoms with E-state index in [1.54, 1.807) is 23.1 Å². The Kier molecular flexibility index (Phi) is 6.11. The van der Waals surface area contributed by atoms with Crippen molar-refractivity contribution in [1.29, 1.82) is 0 Å². The van der Waals surface area contributed by atoms with E-state index >= 15 is 0 Å². The third-order valence-electron chi connectivity index (χ3n) is 5.31. The predicted molar refractivity (Wildman–Crippen MR) is 118 cm³/mol. The van der Waals surface area contributed by atoms with E-state index in [0.717, 1.165) is 16.8 Å². The molecule has 1 aliphatic rings. The van der Waals surface area contributed by atoms with E-state index in [1.807, 2.05) is 49.1 Å². The lowest BCUT2D eigenvalue weighted by molar-refractivity contribution is -0.133. The predicted octanol–water partition coefficient (Wildman–Crippen LogP) is 3.63. The molecule has 0 N–H and O–H groups in total. The minimum atomic E-state index is -0.242. The Morgan fingerprint density at radius 2 is 1.71 bits per heavy atom. The monoisotopic (exact) mass is 420 g/mol. The number of hydrogen-bond acceptors (Lipinski definition) is 5. The van der Waals surface area contributed by atoms with E-state index < -0.39 is 0 Å². The summed E-state index contributed by atoms with van der Waals surface area (Å²) in [6.07, 6.45) is 0. The van der Waals surface area contributed by atoms with Gasteiger partial charge in [0.25, 0.3) is 5.91 Å². The van der Waals surface area contributed by atoms with E-state index in [4.69, 9.17) is 4.74 Å². The smallest absolute Gasteiger partial charge is 0.260 e. The van der Waals surface area contributed by atoms with Crippen LogP contribution < -0.4 is 9.64 Å². The number of carbonyl (C=O) groups is 1. The van der Waals surface area contributed by atoms with Crippen LogP contribution in [0.5, 0.6) is 5.88 Å². The molecule has 4 rings (SSSR count). The fraction of sp³-hybridized carbons (Fsp3) is 0.292. The number of piperazine rings is 1. The number of rotatable bonds is 5. The molecular formula is C24H25FN4O2. The standard InChI is InChI=1S/C24H25FN4O2/c1-17-7-9-19(10-8-17)24-26-18(2)15-22(27-24)31-16-23(30)29-13-11-28(12-14-29)21-6-4-3-5-20(21)25/h3-10,15H,11-14,16H2,1-2H3. The third-order valence-corrected chi connectivity index (χ3v) is 5.31. The molecule has 0 unspecified atom stereocenters. The molecule has 3 aromatic rings. The third kappa shape index (κ3) is 4.99. The van der Waals surface area contributed by atoms with E-state index in [2.05, 4.69) is 9.97 Å². The molecule has 0 saturated carbocycles. The second-order valence-corrected chi connectivity index (χ2v) is 7.65. The van der Waals surface area contributed by atoms with Gasteiger partial charge in [-0.2, -0.15) is 4.98 Å². The highest BCUT2D eigenvalue weighted by Crippen LogP contribution is 2.21. The van der Waals surface area contributed by atoms with Crippen molar-refractivity contribution >= 4 is 11.6 Å². The molecule has 2 heterocycles. The number of hydrogen-bond donors (Lipinski definition) is 0. The zero-order valence-electron chi connectivity index (χ0n) is 17.7. The van der Waals surface area contributed by atoms with Gasteiger partial charge in [0.15, 0.2) is 12.4 Å². The van der Waals surface area contributed by atoms with Crippen LogP contribution in [0.25, 0.3) is 11.4 Å². The summed E-state index contributed by atoms with van der Waals surface area (Å²) in [5.74, 6) is 0.595. The number of para-hydroxylation sites is 1. The SMILES string of the molecule is Cc1ccc(-c2nc(C)cc(OCC(=O)N3CCN(c4ccccc4F)CC3)n2)cc1. The number of benzene rings is 2. The lowest BCUT2D eigenvalue weighted by Crippen LogP contribution is -2.50. The van der Waals surface area contributed by atoms with Gasteiger partial charge in [-0.25, -0.2) is 9.37 Å². The molecule has 160 valence electrons. The molecule has 0 spiro atoms. The topological polar surface area (TPSA) is 58.6 Å². The van der Waals surface area contributed by atoms with Gasteiger partial charge in [0.2, 0.25) is 5.88 Å². The summed E-state index contributed by atoms with van der Waals surface area (Å²) < 4.78 is 19.7. The van der Waals surface area contributed by atoms with Gasteiger partial charge in [-0.05, 0) is 26.0 Å². The Bertz CT molecular complexity index is 1060. The number of aryl methyl sites for hydroxylation is 2. The summed E-state index contributed by atoms with van der Waals surface area (Å²) in [6.45, 7) is 6.01. The lowest BCUT2D eigenvalue weighted by atomic mass is 10.1. The lowest BCUT2D eigenvalue weighted by Gasteiger charge is -2.36. The molecule has 0 atom stereocenters. The van der Waals surface area contributed by atoms with Crippen molar-refractivity contribution in [3.05, 3.63) is 71.7 Å². The minimum absolute atomic E-state index is 0.0938. The first kappa shape index (κ1) is 20.8. The van der Waals surface area contributed by atoms with Gasteiger partial charge in [-0.15, -0.1) is 0 Å². The first-order valence-corrected chi connectivity index (χ1v) is 10.3. The van der Waals surface area contributed by atoms with Crippen LogP contribution in [0.15, 0.2) is 54.6 Å². The summed E-state index contributed by atoms with van der Waals surface area (Å²) in [5.41, 5.74) is 3.40. The molecule has 31 heavy (non-hydrogen) atoms. The van der Waals surface area contributed by atoms with Crippen LogP contribution in [-0.4, -0.2) is 53.6 Å². The summed E-state index contributed by atoms with van der Waals surface area (Å²) in [4.78, 5) is 25.3. The number of carbonyl (C=O) groups excluding carboxylic acids is 1. The number of amides is 1. The highest BCUT2D eigenvalue weighted by molar-refractivity contribution is 5.78. The average Bonchev–Trinajstić information content (AvgIpc) is 2.78. The average molecular weight is 420 g/mol. The normalized spacial score (nSPS) is 13.9. The molecule has 1 aromatic heterocycles. The van der Waals surface area contributed by atoms with Crippen LogP contribution in [0, 0.1) is 19.7 Å². The van der Waals surface area contributed by atoms with E-state index in [1.165, 1.54) is 6.07 Å². The van der Waals surface area contributed by atoms with Crippen molar-refractivity contribution in [3.8, 4) is 17.3 Å². The van der Waals surface area contributed by atoms with Crippen molar-refractivity contribution in [1.82, 2.24) is 14.9 Å². The van der Waals surface area contributed by atoms with Gasteiger partial charge in [0, 0.05) is 43.5 Å². The molecular weight excluding hydrogens is 395 g/mol. The Morgan fingerprint density at radius 1 is 1.00 bits per heavy atom. The number of aromatic nitrogens is 2. The Hall–Kier alpha value is -3.48. The Labute approximate surface area is 181 Å². The molecule has 6 nitrogen and oxygen atoms in total. The van der Waals surface area contributed by atoms with Crippen molar-refractivity contribution in [2.24, 2.45) is 0 Å². The molecule has 0 radical (unpaired) electrons. The van der Waals surface area contributed by atoms with Crippen LogP contribution in [0.1, 0.15) is 11.3 Å². The van der Waals surface area contributed by atoms with Gasteiger partial charge in [-0.3, -0.25) is 4.79 Å². The molecule has 1 saturated heterocycles. The first-order valence-electron chi connectivity index (χ1n) is 10.3. The maximum atomic E-state index is 14.0. The second-order valence-electron chi connectivity index (χ2n) is 7.65. The zero-order valence-corrected chi connectivity index (χ0v) is 17.7. The maximum absolute atomic E-state index is 14.0.